The number of aryl methyl sites for hydroxylation is 3. The third-order valence-electron chi connectivity index (χ3n) is 5.68. The first-order valence-electron chi connectivity index (χ1n) is 11.1. The summed E-state index contributed by atoms with van der Waals surface area (Å²) >= 11 is 6.02. The Bertz CT molecular complexity index is 1200. The van der Waals surface area contributed by atoms with Gasteiger partial charge in [-0.3, -0.25) is 9.00 Å². The van der Waals surface area contributed by atoms with E-state index in [-0.39, 0.29) is 28.6 Å². The largest absolute Gasteiger partial charge is 0.435 e. The minimum Gasteiger partial charge on any atom is -0.374 e. The van der Waals surface area contributed by atoms with Crippen molar-refractivity contribution in [2.45, 2.75) is 63.4 Å². The standard InChI is InChI=1S/C25H27ClF4N2O3S/c1-14-6-18(10-19(26)7-14)24(25(28,29)30)11-20(32-35-24)17-8-15(2)22(16(3)9-17)36(34)12-21(33)31-13-23(4,5)27/h6-10H,11-13H2,1-5H3,(H,31,33)/t24-,36?/m0/s1. The van der Waals surface area contributed by atoms with Crippen LogP contribution < -0.4 is 5.32 Å². The predicted molar refractivity (Wildman–Crippen MR) is 132 cm³/mol. The van der Waals surface area contributed by atoms with Crippen molar-refractivity contribution in [2.75, 3.05) is 12.3 Å². The molecule has 0 bridgehead atoms. The summed E-state index contributed by atoms with van der Waals surface area (Å²) in [4.78, 5) is 17.6. The van der Waals surface area contributed by atoms with Gasteiger partial charge in [-0.05, 0) is 75.6 Å². The summed E-state index contributed by atoms with van der Waals surface area (Å²) in [5.74, 6) is -0.936. The second kappa shape index (κ2) is 10.1. The molecule has 1 aliphatic rings. The maximum absolute atomic E-state index is 14.3. The van der Waals surface area contributed by atoms with E-state index in [4.69, 9.17) is 16.4 Å². The highest BCUT2D eigenvalue weighted by molar-refractivity contribution is 7.85. The molecule has 5 nitrogen and oxygen atoms in total. The Morgan fingerprint density at radius 1 is 1.11 bits per heavy atom. The van der Waals surface area contributed by atoms with Crippen LogP contribution in [0.15, 0.2) is 40.4 Å². The molecule has 0 saturated carbocycles. The molecule has 2 aromatic carbocycles. The molecule has 2 aromatic rings. The minimum atomic E-state index is -4.78. The first kappa shape index (κ1) is 28.1. The maximum Gasteiger partial charge on any atom is 0.435 e. The number of alkyl halides is 4. The Labute approximate surface area is 214 Å². The van der Waals surface area contributed by atoms with Gasteiger partial charge in [0.25, 0.3) is 5.60 Å². The lowest BCUT2D eigenvalue weighted by Crippen LogP contribution is -2.42. The second-order valence-electron chi connectivity index (χ2n) is 9.57. The molecule has 11 heteroatoms. The molecule has 0 saturated heterocycles. The third-order valence-corrected chi connectivity index (χ3v) is 7.53. The molecule has 36 heavy (non-hydrogen) atoms. The average Bonchev–Trinajstić information content (AvgIpc) is 3.17. The average molecular weight is 547 g/mol. The molecule has 1 unspecified atom stereocenters. The lowest BCUT2D eigenvalue weighted by atomic mass is 9.85. The number of amides is 1. The highest BCUT2D eigenvalue weighted by Gasteiger charge is 2.62. The normalized spacial score (nSPS) is 19.0. The van der Waals surface area contributed by atoms with E-state index in [1.807, 2.05) is 0 Å². The van der Waals surface area contributed by atoms with E-state index in [1.54, 1.807) is 39.0 Å². The monoisotopic (exact) mass is 546 g/mol. The Balaban J connectivity index is 1.87. The van der Waals surface area contributed by atoms with Crippen LogP contribution in [-0.2, 0) is 26.0 Å². The van der Waals surface area contributed by atoms with Crippen LogP contribution in [0.25, 0.3) is 0 Å². The summed E-state index contributed by atoms with van der Waals surface area (Å²) < 4.78 is 69.4. The summed E-state index contributed by atoms with van der Waals surface area (Å²) in [7, 11) is -1.74. The molecule has 1 amide bonds. The third kappa shape index (κ3) is 6.08. The highest BCUT2D eigenvalue weighted by atomic mass is 35.5. The first-order chi connectivity index (χ1) is 16.5. The predicted octanol–water partition coefficient (Wildman–Crippen LogP) is 5.82. The summed E-state index contributed by atoms with van der Waals surface area (Å²) in [6.07, 6.45) is -5.35. The molecule has 0 fully saturated rings. The number of halogens is 5. The van der Waals surface area contributed by atoms with Gasteiger partial charge in [-0.15, -0.1) is 0 Å². The maximum atomic E-state index is 14.3. The van der Waals surface area contributed by atoms with Crippen molar-refractivity contribution in [3.8, 4) is 0 Å². The topological polar surface area (TPSA) is 67.8 Å². The minimum absolute atomic E-state index is 0.0800. The fourth-order valence-corrected chi connectivity index (χ4v) is 5.67. The van der Waals surface area contributed by atoms with E-state index in [9.17, 15) is 26.6 Å². The van der Waals surface area contributed by atoms with Crippen molar-refractivity contribution >= 4 is 34.0 Å². The number of nitrogens with zero attached hydrogens (tertiary/aromatic N) is 1. The highest BCUT2D eigenvalue weighted by Crippen LogP contribution is 2.49. The zero-order valence-electron chi connectivity index (χ0n) is 20.5. The Hall–Kier alpha value is -2.46. The van der Waals surface area contributed by atoms with Crippen molar-refractivity contribution in [3.63, 3.8) is 0 Å². The number of oxime groups is 1. The zero-order valence-corrected chi connectivity index (χ0v) is 22.1. The van der Waals surface area contributed by atoms with Gasteiger partial charge < -0.3 is 10.2 Å². The second-order valence-corrected chi connectivity index (χ2v) is 11.4. The van der Waals surface area contributed by atoms with Gasteiger partial charge in [0.15, 0.2) is 0 Å². The number of nitrogens with one attached hydrogen (secondary N) is 1. The van der Waals surface area contributed by atoms with Gasteiger partial charge >= 0.3 is 6.18 Å². The molecule has 0 spiro atoms. The Kier molecular flexibility index (Phi) is 7.91. The van der Waals surface area contributed by atoms with Crippen molar-refractivity contribution < 1.29 is 31.4 Å². The lowest BCUT2D eigenvalue weighted by molar-refractivity contribution is -0.275. The van der Waals surface area contributed by atoms with Crippen molar-refractivity contribution in [2.24, 2.45) is 5.16 Å². The van der Waals surface area contributed by atoms with E-state index in [2.05, 4.69) is 10.5 Å². The van der Waals surface area contributed by atoms with Gasteiger partial charge in [0.1, 0.15) is 11.4 Å². The fourth-order valence-electron chi connectivity index (χ4n) is 4.06. The van der Waals surface area contributed by atoms with E-state index in [0.717, 1.165) is 0 Å². The van der Waals surface area contributed by atoms with Gasteiger partial charge in [0.2, 0.25) is 5.91 Å². The van der Waals surface area contributed by atoms with Crippen molar-refractivity contribution in [3.05, 3.63) is 63.2 Å². The number of benzene rings is 2. The summed E-state index contributed by atoms with van der Waals surface area (Å²) in [6.45, 7) is 7.36. The van der Waals surface area contributed by atoms with E-state index < -0.39 is 40.6 Å². The number of rotatable bonds is 7. The number of hydrogen-bond donors (Lipinski definition) is 1. The molecule has 2 atom stereocenters. The first-order valence-corrected chi connectivity index (χ1v) is 12.8. The van der Waals surface area contributed by atoms with Crippen molar-refractivity contribution in [1.82, 2.24) is 5.32 Å². The molecule has 0 aromatic heterocycles. The molecule has 0 aliphatic carbocycles. The number of hydrogen-bond acceptors (Lipinski definition) is 4. The molecule has 196 valence electrons. The van der Waals surface area contributed by atoms with Gasteiger partial charge in [-0.1, -0.05) is 22.8 Å². The Morgan fingerprint density at radius 3 is 2.25 bits per heavy atom. The SMILES string of the molecule is Cc1cc(Cl)cc([C@]2(C(F)(F)F)CC(c3cc(C)c(S(=O)CC(=O)NCC(C)(C)F)c(C)c3)=NO2)c1. The smallest absolute Gasteiger partial charge is 0.374 e. The summed E-state index contributed by atoms with van der Waals surface area (Å²) in [5.41, 5.74) is -2.38. The lowest BCUT2D eigenvalue weighted by Gasteiger charge is -2.30. The van der Waals surface area contributed by atoms with Crippen LogP contribution in [0.5, 0.6) is 0 Å². The van der Waals surface area contributed by atoms with Crippen molar-refractivity contribution in [1.29, 1.82) is 0 Å². The zero-order chi connectivity index (χ0) is 27.1. The van der Waals surface area contributed by atoms with Gasteiger partial charge in [-0.2, -0.15) is 13.2 Å². The molecular formula is C25H27ClF4N2O3S. The molecule has 0 radical (unpaired) electrons. The van der Waals surface area contributed by atoms with E-state index >= 15 is 0 Å². The molecule has 1 aliphatic heterocycles. The Morgan fingerprint density at radius 2 is 1.72 bits per heavy atom. The van der Waals surface area contributed by atoms with Crippen LogP contribution in [0.4, 0.5) is 17.6 Å². The van der Waals surface area contributed by atoms with E-state index in [1.165, 1.54) is 26.0 Å². The molecule has 1 N–H and O–H groups in total. The van der Waals surface area contributed by atoms with E-state index in [0.29, 0.717) is 27.1 Å². The van der Waals surface area contributed by atoms with Crippen LogP contribution in [0, 0.1) is 20.8 Å². The number of carbonyl (C=O) groups is 1. The van der Waals surface area contributed by atoms with Crippen LogP contribution >= 0.6 is 11.6 Å². The van der Waals surface area contributed by atoms with Crippen LogP contribution in [0.1, 0.15) is 48.1 Å². The van der Waals surface area contributed by atoms with Gasteiger partial charge in [0.05, 0.1) is 23.1 Å². The molecule has 3 rings (SSSR count). The van der Waals surface area contributed by atoms with Crippen LogP contribution in [-0.4, -0.2) is 40.0 Å². The fraction of sp³-hybridized carbons (Fsp3) is 0.440. The quantitative estimate of drug-likeness (QED) is 0.445. The summed E-state index contributed by atoms with van der Waals surface area (Å²) in [6, 6.07) is 7.28. The number of carbonyl (C=O) groups excluding carboxylic acids is 1. The molecule has 1 heterocycles. The molecular weight excluding hydrogens is 520 g/mol. The van der Waals surface area contributed by atoms with Crippen LogP contribution in [0.3, 0.4) is 0 Å². The van der Waals surface area contributed by atoms with Gasteiger partial charge in [0, 0.05) is 27.5 Å². The summed E-state index contributed by atoms with van der Waals surface area (Å²) in [5, 5.41) is 6.35. The van der Waals surface area contributed by atoms with Gasteiger partial charge in [-0.25, -0.2) is 4.39 Å². The van der Waals surface area contributed by atoms with Crippen LogP contribution in [0.2, 0.25) is 5.02 Å².